The normalized spacial score (nSPS) is 28.0. The Morgan fingerprint density at radius 2 is 1.65 bits per heavy atom. The molecule has 2 nitrogen and oxygen atoms in total. The molecule has 0 aliphatic heterocycles. The lowest BCUT2D eigenvalue weighted by molar-refractivity contribution is -0.137. The van der Waals surface area contributed by atoms with Crippen molar-refractivity contribution in [3.05, 3.63) is 12.7 Å². The fourth-order valence-electron chi connectivity index (χ4n) is 4.16. The summed E-state index contributed by atoms with van der Waals surface area (Å²) in [6.07, 6.45) is 16.6. The zero-order chi connectivity index (χ0) is 14.2. The molecule has 0 bridgehead atoms. The Morgan fingerprint density at radius 1 is 1.00 bits per heavy atom. The van der Waals surface area contributed by atoms with Crippen molar-refractivity contribution >= 4 is 5.97 Å². The van der Waals surface area contributed by atoms with Gasteiger partial charge < -0.3 is 4.74 Å². The van der Waals surface area contributed by atoms with E-state index in [0.29, 0.717) is 6.61 Å². The van der Waals surface area contributed by atoms with E-state index in [4.69, 9.17) is 4.74 Å². The van der Waals surface area contributed by atoms with Crippen LogP contribution >= 0.6 is 0 Å². The highest BCUT2D eigenvalue weighted by molar-refractivity contribution is 5.81. The zero-order valence-corrected chi connectivity index (χ0v) is 12.8. The maximum atomic E-state index is 10.9. The minimum absolute atomic E-state index is 0.286. The van der Waals surface area contributed by atoms with E-state index in [9.17, 15) is 4.79 Å². The molecule has 2 saturated carbocycles. The van der Waals surface area contributed by atoms with Crippen LogP contribution in [0.25, 0.3) is 0 Å². The van der Waals surface area contributed by atoms with E-state index in [0.717, 1.165) is 24.2 Å². The summed E-state index contributed by atoms with van der Waals surface area (Å²) in [6, 6.07) is 0. The Labute approximate surface area is 124 Å². The van der Waals surface area contributed by atoms with Crippen molar-refractivity contribution in [3.8, 4) is 0 Å². The summed E-state index contributed by atoms with van der Waals surface area (Å²) in [6.45, 7) is 3.97. The highest BCUT2D eigenvalue weighted by Gasteiger charge is 2.28. The molecule has 2 aliphatic carbocycles. The fourth-order valence-corrected chi connectivity index (χ4v) is 4.16. The molecule has 2 rings (SSSR count). The first-order chi connectivity index (χ1) is 9.79. The maximum Gasteiger partial charge on any atom is 0.330 e. The Bertz CT molecular complexity index is 297. The summed E-state index contributed by atoms with van der Waals surface area (Å²) in [5.74, 6) is 2.65. The lowest BCUT2D eigenvalue weighted by Crippen LogP contribution is -2.23. The van der Waals surface area contributed by atoms with Gasteiger partial charge in [0, 0.05) is 6.08 Å². The number of ether oxygens (including phenoxy) is 1. The molecule has 2 fully saturated rings. The van der Waals surface area contributed by atoms with Crippen LogP contribution in [-0.2, 0) is 9.53 Å². The second-order valence-electron chi connectivity index (χ2n) is 6.69. The summed E-state index contributed by atoms with van der Waals surface area (Å²) < 4.78 is 5.04. The predicted molar refractivity (Wildman–Crippen MR) is 82.4 cm³/mol. The first kappa shape index (κ1) is 15.6. The molecule has 0 radical (unpaired) electrons. The van der Waals surface area contributed by atoms with Crippen LogP contribution in [0.4, 0.5) is 0 Å². The molecule has 0 amide bonds. The van der Waals surface area contributed by atoms with Crippen LogP contribution in [0.5, 0.6) is 0 Å². The third kappa shape index (κ3) is 4.96. The first-order valence-corrected chi connectivity index (χ1v) is 8.58. The smallest absolute Gasteiger partial charge is 0.330 e. The number of rotatable bonds is 6. The van der Waals surface area contributed by atoms with Gasteiger partial charge in [-0.15, -0.1) is 0 Å². The lowest BCUT2D eigenvalue weighted by atomic mass is 9.70. The molecule has 2 heteroatoms. The minimum Gasteiger partial charge on any atom is -0.463 e. The monoisotopic (exact) mass is 278 g/mol. The molecule has 20 heavy (non-hydrogen) atoms. The van der Waals surface area contributed by atoms with Crippen LogP contribution in [-0.4, -0.2) is 12.6 Å². The van der Waals surface area contributed by atoms with Gasteiger partial charge in [-0.25, -0.2) is 4.79 Å². The van der Waals surface area contributed by atoms with Crippen molar-refractivity contribution in [3.63, 3.8) is 0 Å². The van der Waals surface area contributed by atoms with Gasteiger partial charge >= 0.3 is 5.97 Å². The molecule has 0 unspecified atom stereocenters. The topological polar surface area (TPSA) is 26.3 Å². The molecule has 0 N–H and O–H groups in total. The predicted octanol–water partition coefficient (Wildman–Crippen LogP) is 4.88. The van der Waals surface area contributed by atoms with E-state index in [2.05, 4.69) is 6.58 Å². The molecule has 0 aromatic carbocycles. The zero-order valence-electron chi connectivity index (χ0n) is 12.8. The average Bonchev–Trinajstić information content (AvgIpc) is 2.52. The van der Waals surface area contributed by atoms with Crippen LogP contribution in [0.15, 0.2) is 12.7 Å². The van der Waals surface area contributed by atoms with E-state index in [1.807, 2.05) is 0 Å². The second kappa shape index (κ2) is 8.49. The van der Waals surface area contributed by atoms with Gasteiger partial charge in [0.05, 0.1) is 6.61 Å². The van der Waals surface area contributed by atoms with E-state index in [1.165, 1.54) is 70.3 Å². The minimum atomic E-state index is -0.286. The maximum absolute atomic E-state index is 10.9. The largest absolute Gasteiger partial charge is 0.463 e. The number of hydrogen-bond donors (Lipinski definition) is 0. The molecule has 0 aromatic rings. The van der Waals surface area contributed by atoms with Crippen LogP contribution in [0.1, 0.15) is 70.6 Å². The van der Waals surface area contributed by atoms with E-state index >= 15 is 0 Å². The standard InChI is InChI=1S/C18H30O2/c1-2-18(19)20-14-6-7-15-10-12-17(13-11-15)16-8-4-3-5-9-16/h2,15-17H,1,3-14H2. The number of hydrogen-bond acceptors (Lipinski definition) is 2. The van der Waals surface area contributed by atoms with Crippen LogP contribution in [0, 0.1) is 17.8 Å². The van der Waals surface area contributed by atoms with Crippen molar-refractivity contribution in [2.75, 3.05) is 6.61 Å². The van der Waals surface area contributed by atoms with Crippen molar-refractivity contribution in [1.29, 1.82) is 0 Å². The van der Waals surface area contributed by atoms with Crippen molar-refractivity contribution in [1.82, 2.24) is 0 Å². The molecule has 0 atom stereocenters. The van der Waals surface area contributed by atoms with Crippen LogP contribution < -0.4 is 0 Å². The molecule has 0 spiro atoms. The Morgan fingerprint density at radius 3 is 2.30 bits per heavy atom. The molecule has 0 heterocycles. The Hall–Kier alpha value is -0.790. The highest BCUT2D eigenvalue weighted by Crippen LogP contribution is 2.40. The average molecular weight is 278 g/mol. The second-order valence-corrected chi connectivity index (χ2v) is 6.69. The summed E-state index contributed by atoms with van der Waals surface area (Å²) in [7, 11) is 0. The van der Waals surface area contributed by atoms with Crippen molar-refractivity contribution in [2.24, 2.45) is 17.8 Å². The summed E-state index contributed by atoms with van der Waals surface area (Å²) in [5.41, 5.74) is 0. The van der Waals surface area contributed by atoms with Crippen LogP contribution in [0.2, 0.25) is 0 Å². The van der Waals surface area contributed by atoms with Gasteiger partial charge in [-0.1, -0.05) is 51.5 Å². The summed E-state index contributed by atoms with van der Waals surface area (Å²) in [4.78, 5) is 10.9. The molecular formula is C18H30O2. The highest BCUT2D eigenvalue weighted by atomic mass is 16.5. The van der Waals surface area contributed by atoms with Crippen LogP contribution in [0.3, 0.4) is 0 Å². The van der Waals surface area contributed by atoms with Gasteiger partial charge in [-0.3, -0.25) is 0 Å². The van der Waals surface area contributed by atoms with Gasteiger partial charge in [0.1, 0.15) is 0 Å². The summed E-state index contributed by atoms with van der Waals surface area (Å²) >= 11 is 0. The van der Waals surface area contributed by atoms with E-state index in [-0.39, 0.29) is 5.97 Å². The van der Waals surface area contributed by atoms with Gasteiger partial charge in [-0.05, 0) is 43.4 Å². The number of esters is 1. The van der Waals surface area contributed by atoms with Gasteiger partial charge in [-0.2, -0.15) is 0 Å². The first-order valence-electron chi connectivity index (χ1n) is 8.58. The lowest BCUT2D eigenvalue weighted by Gasteiger charge is -2.35. The molecule has 0 saturated heterocycles. The van der Waals surface area contributed by atoms with Gasteiger partial charge in [0.15, 0.2) is 0 Å². The molecule has 0 aromatic heterocycles. The summed E-state index contributed by atoms with van der Waals surface area (Å²) in [5, 5.41) is 0. The van der Waals surface area contributed by atoms with Gasteiger partial charge in [0.2, 0.25) is 0 Å². The van der Waals surface area contributed by atoms with Crippen molar-refractivity contribution in [2.45, 2.75) is 70.6 Å². The molecule has 2 aliphatic rings. The van der Waals surface area contributed by atoms with E-state index in [1.54, 1.807) is 0 Å². The van der Waals surface area contributed by atoms with Gasteiger partial charge in [0.25, 0.3) is 0 Å². The third-order valence-electron chi connectivity index (χ3n) is 5.38. The SMILES string of the molecule is C=CC(=O)OCCCC1CCC(C2CCCCC2)CC1. The third-order valence-corrected chi connectivity index (χ3v) is 5.38. The quantitative estimate of drug-likeness (QED) is 0.393. The van der Waals surface area contributed by atoms with Crippen molar-refractivity contribution < 1.29 is 9.53 Å². The fraction of sp³-hybridized carbons (Fsp3) is 0.833. The molecule has 114 valence electrons. The van der Waals surface area contributed by atoms with E-state index < -0.39 is 0 Å². The Balaban J connectivity index is 1.57. The Kier molecular flexibility index (Phi) is 6.62. The number of carbonyl (C=O) groups excluding carboxylic acids is 1. The molecular weight excluding hydrogens is 248 g/mol. The number of carbonyl (C=O) groups is 1.